The van der Waals surface area contributed by atoms with Crippen LogP contribution < -0.4 is 0 Å². The van der Waals surface area contributed by atoms with Crippen LogP contribution in [0.5, 0.6) is 0 Å². The third-order valence-electron chi connectivity index (χ3n) is 5.59. The van der Waals surface area contributed by atoms with Crippen LogP contribution >= 0.6 is 23.2 Å². The van der Waals surface area contributed by atoms with Crippen LogP contribution in [0.2, 0.25) is 10.0 Å². The monoisotopic (exact) mass is 485 g/mol. The van der Waals surface area contributed by atoms with Crippen LogP contribution in [0.15, 0.2) is 45.9 Å². The molecule has 11 heteroatoms. The second kappa shape index (κ2) is 8.82. The van der Waals surface area contributed by atoms with Crippen molar-refractivity contribution in [3.63, 3.8) is 0 Å². The highest BCUT2D eigenvalue weighted by molar-refractivity contribution is 7.89. The second-order valence-corrected chi connectivity index (χ2v) is 10.2. The van der Waals surface area contributed by atoms with Crippen LogP contribution in [0.3, 0.4) is 0 Å². The molecule has 2 aliphatic rings. The molecule has 1 aromatic carbocycles. The van der Waals surface area contributed by atoms with Gasteiger partial charge in [0.2, 0.25) is 15.9 Å². The average molecular weight is 486 g/mol. The van der Waals surface area contributed by atoms with Crippen molar-refractivity contribution in [3.8, 4) is 0 Å². The molecule has 2 aliphatic heterocycles. The fraction of sp³-hybridized carbons (Fsp3) is 0.400. The highest BCUT2D eigenvalue weighted by Crippen LogP contribution is 2.29. The molecule has 1 atom stereocenters. The molecule has 166 valence electrons. The first-order chi connectivity index (χ1) is 14.8. The van der Waals surface area contributed by atoms with Crippen molar-refractivity contribution in [1.29, 1.82) is 0 Å². The fourth-order valence-corrected chi connectivity index (χ4v) is 6.14. The van der Waals surface area contributed by atoms with Crippen LogP contribution in [-0.2, 0) is 14.8 Å². The number of carbonyl (C=O) groups excluding carboxylic acids is 2. The van der Waals surface area contributed by atoms with Gasteiger partial charge in [-0.2, -0.15) is 4.31 Å². The lowest BCUT2D eigenvalue weighted by atomic mass is 10.1. The standard InChI is InChI=1S/C20H21Cl2N3O5S/c21-14-5-6-15(22)18(13-14)31(28,29)24-10-8-23(9-11-24)19(26)16-3-1-7-25(16)20(27)17-4-2-12-30-17/h2,4-6,12-13,16H,1,3,7-11H2/t16-/m0/s1. The topological polar surface area (TPSA) is 91.1 Å². The Kier molecular flexibility index (Phi) is 6.30. The van der Waals surface area contributed by atoms with Crippen molar-refractivity contribution < 1.29 is 22.4 Å². The number of benzene rings is 1. The number of rotatable bonds is 4. The van der Waals surface area contributed by atoms with Gasteiger partial charge in [-0.15, -0.1) is 0 Å². The van der Waals surface area contributed by atoms with E-state index in [-0.39, 0.29) is 58.7 Å². The van der Waals surface area contributed by atoms with Crippen molar-refractivity contribution in [1.82, 2.24) is 14.1 Å². The van der Waals surface area contributed by atoms with Gasteiger partial charge >= 0.3 is 0 Å². The summed E-state index contributed by atoms with van der Waals surface area (Å²) in [5, 5.41) is 0.375. The van der Waals surface area contributed by atoms with E-state index in [1.165, 1.54) is 33.7 Å². The van der Waals surface area contributed by atoms with Crippen LogP contribution in [-0.4, -0.2) is 73.1 Å². The number of amides is 2. The van der Waals surface area contributed by atoms with Crippen molar-refractivity contribution in [2.24, 2.45) is 0 Å². The zero-order valence-corrected chi connectivity index (χ0v) is 18.9. The van der Waals surface area contributed by atoms with Crippen LogP contribution in [0, 0.1) is 0 Å². The Hall–Kier alpha value is -2.07. The molecule has 2 saturated heterocycles. The maximum absolute atomic E-state index is 13.1. The molecular weight excluding hydrogens is 465 g/mol. The summed E-state index contributed by atoms with van der Waals surface area (Å²) in [6, 6.07) is 6.94. The van der Waals surface area contributed by atoms with Crippen molar-refractivity contribution in [2.75, 3.05) is 32.7 Å². The van der Waals surface area contributed by atoms with Gasteiger partial charge in [0.1, 0.15) is 10.9 Å². The molecule has 0 N–H and O–H groups in total. The maximum Gasteiger partial charge on any atom is 0.290 e. The van der Waals surface area contributed by atoms with E-state index in [2.05, 4.69) is 0 Å². The Bertz CT molecular complexity index is 1080. The van der Waals surface area contributed by atoms with Gasteiger partial charge < -0.3 is 14.2 Å². The highest BCUT2D eigenvalue weighted by atomic mass is 35.5. The maximum atomic E-state index is 13.1. The summed E-state index contributed by atoms with van der Waals surface area (Å²) in [6.45, 7) is 1.22. The lowest BCUT2D eigenvalue weighted by molar-refractivity contribution is -0.136. The molecule has 2 fully saturated rings. The van der Waals surface area contributed by atoms with Crippen LogP contribution in [0.1, 0.15) is 23.4 Å². The molecule has 1 aromatic heterocycles. The number of halogens is 2. The number of piperazine rings is 1. The summed E-state index contributed by atoms with van der Waals surface area (Å²) in [6.07, 6.45) is 2.72. The Balaban J connectivity index is 1.43. The van der Waals surface area contributed by atoms with Gasteiger partial charge in [-0.25, -0.2) is 8.42 Å². The SMILES string of the molecule is O=C([C@@H]1CCCN1C(=O)c1ccco1)N1CCN(S(=O)(=O)c2cc(Cl)ccc2Cl)CC1. The van der Waals surface area contributed by atoms with Gasteiger partial charge in [0.15, 0.2) is 5.76 Å². The second-order valence-electron chi connectivity index (χ2n) is 7.44. The zero-order valence-electron chi connectivity index (χ0n) is 16.5. The van der Waals surface area contributed by atoms with Crippen LogP contribution in [0.25, 0.3) is 0 Å². The molecule has 0 bridgehead atoms. The van der Waals surface area contributed by atoms with E-state index in [1.807, 2.05) is 0 Å². The smallest absolute Gasteiger partial charge is 0.290 e. The van der Waals surface area contributed by atoms with Gasteiger partial charge in [-0.1, -0.05) is 23.2 Å². The van der Waals surface area contributed by atoms with Gasteiger partial charge in [0.25, 0.3) is 5.91 Å². The highest BCUT2D eigenvalue weighted by Gasteiger charge is 2.39. The predicted octanol–water partition coefficient (Wildman–Crippen LogP) is 2.72. The summed E-state index contributed by atoms with van der Waals surface area (Å²) in [4.78, 5) is 28.9. The van der Waals surface area contributed by atoms with E-state index in [9.17, 15) is 18.0 Å². The molecule has 0 saturated carbocycles. The normalized spacial score (nSPS) is 20.3. The van der Waals surface area contributed by atoms with Crippen molar-refractivity contribution in [3.05, 3.63) is 52.4 Å². The van der Waals surface area contributed by atoms with E-state index in [4.69, 9.17) is 27.6 Å². The number of sulfonamides is 1. The third-order valence-corrected chi connectivity index (χ3v) is 8.21. The molecule has 4 rings (SSSR count). The number of hydrogen-bond acceptors (Lipinski definition) is 5. The molecule has 2 amide bonds. The van der Waals surface area contributed by atoms with E-state index < -0.39 is 16.1 Å². The molecule has 3 heterocycles. The Morgan fingerprint density at radius 3 is 2.45 bits per heavy atom. The molecule has 0 radical (unpaired) electrons. The molecule has 8 nitrogen and oxygen atoms in total. The Labute approximate surface area is 190 Å². The summed E-state index contributed by atoms with van der Waals surface area (Å²) in [7, 11) is -3.84. The summed E-state index contributed by atoms with van der Waals surface area (Å²) < 4.78 is 32.4. The minimum Gasteiger partial charge on any atom is -0.459 e. The summed E-state index contributed by atoms with van der Waals surface area (Å²) in [5.74, 6) is -0.276. The van der Waals surface area contributed by atoms with Gasteiger partial charge in [0.05, 0.1) is 11.3 Å². The van der Waals surface area contributed by atoms with Gasteiger partial charge in [-0.05, 0) is 43.2 Å². The molecule has 2 aromatic rings. The first kappa shape index (κ1) is 22.1. The Morgan fingerprint density at radius 2 is 1.77 bits per heavy atom. The number of likely N-dealkylation sites (tertiary alicyclic amines) is 1. The predicted molar refractivity (Wildman–Crippen MR) is 115 cm³/mol. The number of furan rings is 1. The molecule has 0 aliphatic carbocycles. The van der Waals surface area contributed by atoms with Crippen LogP contribution in [0.4, 0.5) is 0 Å². The number of carbonyl (C=O) groups is 2. The van der Waals surface area contributed by atoms with E-state index in [0.717, 1.165) is 6.42 Å². The first-order valence-corrected chi connectivity index (χ1v) is 12.1. The molecule has 0 spiro atoms. The molecular formula is C20H21Cl2N3O5S. The average Bonchev–Trinajstić information content (AvgIpc) is 3.47. The third kappa shape index (κ3) is 4.32. The van der Waals surface area contributed by atoms with Gasteiger partial charge in [0, 0.05) is 37.7 Å². The fourth-order valence-electron chi connectivity index (χ4n) is 3.98. The van der Waals surface area contributed by atoms with E-state index >= 15 is 0 Å². The minimum absolute atomic E-state index is 0.0487. The van der Waals surface area contributed by atoms with E-state index in [0.29, 0.717) is 13.0 Å². The summed E-state index contributed by atoms with van der Waals surface area (Å²) >= 11 is 12.0. The quantitative estimate of drug-likeness (QED) is 0.663. The lowest BCUT2D eigenvalue weighted by Crippen LogP contribution is -2.55. The zero-order chi connectivity index (χ0) is 22.2. The van der Waals surface area contributed by atoms with Gasteiger partial charge in [-0.3, -0.25) is 9.59 Å². The number of nitrogens with zero attached hydrogens (tertiary/aromatic N) is 3. The lowest BCUT2D eigenvalue weighted by Gasteiger charge is -2.36. The number of hydrogen-bond donors (Lipinski definition) is 0. The van der Waals surface area contributed by atoms with E-state index in [1.54, 1.807) is 17.0 Å². The molecule has 31 heavy (non-hydrogen) atoms. The molecule has 0 unspecified atom stereocenters. The summed E-state index contributed by atoms with van der Waals surface area (Å²) in [5.41, 5.74) is 0. The van der Waals surface area contributed by atoms with Crippen molar-refractivity contribution in [2.45, 2.75) is 23.8 Å². The van der Waals surface area contributed by atoms with Crippen molar-refractivity contribution >= 4 is 45.0 Å². The largest absolute Gasteiger partial charge is 0.459 e. The Morgan fingerprint density at radius 1 is 1.03 bits per heavy atom. The first-order valence-electron chi connectivity index (χ1n) is 9.87. The minimum atomic E-state index is -3.84.